The molecule has 4 atom stereocenters. The zero-order valence-corrected chi connectivity index (χ0v) is 10.9. The van der Waals surface area contributed by atoms with Crippen molar-refractivity contribution in [3.05, 3.63) is 0 Å². The van der Waals surface area contributed by atoms with E-state index in [0.29, 0.717) is 5.92 Å². The first-order valence-corrected chi connectivity index (χ1v) is 7.07. The molecule has 1 heterocycles. The van der Waals surface area contributed by atoms with E-state index in [2.05, 4.69) is 13.8 Å². The molecular weight excluding hydrogens is 198 g/mol. The number of hydrogen-bond donors (Lipinski definition) is 1. The van der Waals surface area contributed by atoms with Gasteiger partial charge in [0.05, 0.1) is 5.60 Å². The van der Waals surface area contributed by atoms with Gasteiger partial charge in [-0.3, -0.25) is 0 Å². The van der Waals surface area contributed by atoms with Gasteiger partial charge in [0.15, 0.2) is 0 Å². The van der Waals surface area contributed by atoms with Crippen LogP contribution in [0.2, 0.25) is 0 Å². The van der Waals surface area contributed by atoms with E-state index in [0.717, 1.165) is 18.9 Å². The molecule has 1 saturated carbocycles. The van der Waals surface area contributed by atoms with Crippen LogP contribution in [0, 0.1) is 11.8 Å². The van der Waals surface area contributed by atoms with Crippen LogP contribution in [0.5, 0.6) is 0 Å². The molecular formula is C14H27NO. The largest absolute Gasteiger partial charge is 0.374 e. The minimum Gasteiger partial charge on any atom is -0.374 e. The lowest BCUT2D eigenvalue weighted by Gasteiger charge is -2.42. The van der Waals surface area contributed by atoms with Crippen LogP contribution in [-0.2, 0) is 4.74 Å². The standard InChI is InChI=1S/C14H27NO/c1-3-11-7-4-5-8-12(11)13(15)14(2)9-6-10-16-14/h11-13H,3-10,15H2,1-2H3. The van der Waals surface area contributed by atoms with E-state index in [-0.39, 0.29) is 11.6 Å². The highest BCUT2D eigenvalue weighted by Gasteiger charge is 2.42. The summed E-state index contributed by atoms with van der Waals surface area (Å²) >= 11 is 0. The molecule has 94 valence electrons. The molecule has 2 N–H and O–H groups in total. The van der Waals surface area contributed by atoms with Gasteiger partial charge in [-0.05, 0) is 38.0 Å². The van der Waals surface area contributed by atoms with Crippen LogP contribution >= 0.6 is 0 Å². The molecule has 0 radical (unpaired) electrons. The summed E-state index contributed by atoms with van der Waals surface area (Å²) in [5, 5.41) is 0. The second kappa shape index (κ2) is 5.05. The summed E-state index contributed by atoms with van der Waals surface area (Å²) < 4.78 is 5.92. The summed E-state index contributed by atoms with van der Waals surface area (Å²) in [5.41, 5.74) is 6.50. The smallest absolute Gasteiger partial charge is 0.0808 e. The molecule has 2 rings (SSSR count). The van der Waals surface area contributed by atoms with Gasteiger partial charge in [-0.1, -0.05) is 32.6 Å². The zero-order valence-electron chi connectivity index (χ0n) is 10.9. The molecule has 2 fully saturated rings. The Hall–Kier alpha value is -0.0800. The van der Waals surface area contributed by atoms with Gasteiger partial charge >= 0.3 is 0 Å². The predicted molar refractivity (Wildman–Crippen MR) is 67.3 cm³/mol. The summed E-state index contributed by atoms with van der Waals surface area (Å²) in [6.45, 7) is 5.45. The van der Waals surface area contributed by atoms with Crippen molar-refractivity contribution in [1.82, 2.24) is 0 Å². The third-order valence-electron chi connectivity index (χ3n) is 4.91. The Bertz CT molecular complexity index is 223. The molecule has 0 bridgehead atoms. The van der Waals surface area contributed by atoms with Gasteiger partial charge in [-0.2, -0.15) is 0 Å². The van der Waals surface area contributed by atoms with Gasteiger partial charge in [-0.25, -0.2) is 0 Å². The molecule has 1 saturated heterocycles. The zero-order chi connectivity index (χ0) is 11.6. The molecule has 1 aliphatic carbocycles. The first-order chi connectivity index (χ1) is 7.67. The minimum atomic E-state index is -0.0323. The van der Waals surface area contributed by atoms with Crippen LogP contribution in [-0.4, -0.2) is 18.2 Å². The Labute approximate surface area is 99.9 Å². The van der Waals surface area contributed by atoms with E-state index in [9.17, 15) is 0 Å². The summed E-state index contributed by atoms with van der Waals surface area (Å²) in [7, 11) is 0. The normalized spacial score (nSPS) is 42.2. The fourth-order valence-electron chi connectivity index (χ4n) is 3.73. The third-order valence-corrected chi connectivity index (χ3v) is 4.91. The predicted octanol–water partition coefficient (Wildman–Crippen LogP) is 3.10. The number of ether oxygens (including phenoxy) is 1. The molecule has 16 heavy (non-hydrogen) atoms. The van der Waals surface area contributed by atoms with Crippen molar-refractivity contribution in [3.8, 4) is 0 Å². The Morgan fingerprint density at radius 2 is 2.06 bits per heavy atom. The average Bonchev–Trinajstić information content (AvgIpc) is 2.76. The molecule has 0 aromatic carbocycles. The Balaban J connectivity index is 2.03. The molecule has 0 aromatic heterocycles. The SMILES string of the molecule is CCC1CCCCC1C(N)C1(C)CCCO1. The van der Waals surface area contributed by atoms with Gasteiger partial charge < -0.3 is 10.5 Å². The van der Waals surface area contributed by atoms with Gasteiger partial charge in [0, 0.05) is 12.6 Å². The quantitative estimate of drug-likeness (QED) is 0.801. The van der Waals surface area contributed by atoms with Crippen molar-refractivity contribution in [1.29, 1.82) is 0 Å². The third kappa shape index (κ3) is 2.28. The van der Waals surface area contributed by atoms with E-state index in [1.54, 1.807) is 0 Å². The van der Waals surface area contributed by atoms with Gasteiger partial charge in [-0.15, -0.1) is 0 Å². The van der Waals surface area contributed by atoms with Crippen LogP contribution < -0.4 is 5.73 Å². The molecule has 0 amide bonds. The maximum absolute atomic E-state index is 6.53. The van der Waals surface area contributed by atoms with Crippen LogP contribution in [0.25, 0.3) is 0 Å². The van der Waals surface area contributed by atoms with E-state index in [1.165, 1.54) is 38.5 Å². The first kappa shape index (κ1) is 12.4. The van der Waals surface area contributed by atoms with Crippen molar-refractivity contribution in [2.45, 2.75) is 70.4 Å². The maximum Gasteiger partial charge on any atom is 0.0808 e. The molecule has 1 aliphatic heterocycles. The van der Waals surface area contributed by atoms with E-state index in [4.69, 9.17) is 10.5 Å². The highest BCUT2D eigenvalue weighted by molar-refractivity contribution is 4.97. The Morgan fingerprint density at radius 3 is 2.69 bits per heavy atom. The number of nitrogens with two attached hydrogens (primary N) is 1. The fourth-order valence-corrected chi connectivity index (χ4v) is 3.73. The number of hydrogen-bond acceptors (Lipinski definition) is 2. The van der Waals surface area contributed by atoms with Gasteiger partial charge in [0.1, 0.15) is 0 Å². The lowest BCUT2D eigenvalue weighted by molar-refractivity contribution is -0.0313. The first-order valence-electron chi connectivity index (χ1n) is 7.07. The molecule has 4 unspecified atom stereocenters. The average molecular weight is 225 g/mol. The van der Waals surface area contributed by atoms with Crippen LogP contribution in [0.1, 0.15) is 58.8 Å². The lowest BCUT2D eigenvalue weighted by Crippen LogP contribution is -2.52. The lowest BCUT2D eigenvalue weighted by atomic mass is 9.70. The van der Waals surface area contributed by atoms with Crippen molar-refractivity contribution < 1.29 is 4.74 Å². The van der Waals surface area contributed by atoms with Crippen LogP contribution in [0.4, 0.5) is 0 Å². The monoisotopic (exact) mass is 225 g/mol. The van der Waals surface area contributed by atoms with Crippen molar-refractivity contribution in [2.75, 3.05) is 6.61 Å². The summed E-state index contributed by atoms with van der Waals surface area (Å²) in [6.07, 6.45) is 9.09. The summed E-state index contributed by atoms with van der Waals surface area (Å²) in [6, 6.07) is 0.250. The Morgan fingerprint density at radius 1 is 1.31 bits per heavy atom. The fraction of sp³-hybridized carbons (Fsp3) is 1.00. The molecule has 2 aliphatic rings. The topological polar surface area (TPSA) is 35.2 Å². The van der Waals surface area contributed by atoms with Crippen molar-refractivity contribution in [2.24, 2.45) is 17.6 Å². The van der Waals surface area contributed by atoms with Crippen molar-refractivity contribution in [3.63, 3.8) is 0 Å². The maximum atomic E-state index is 6.53. The number of rotatable bonds is 3. The highest BCUT2D eigenvalue weighted by atomic mass is 16.5. The second-order valence-electron chi connectivity index (χ2n) is 5.91. The summed E-state index contributed by atoms with van der Waals surface area (Å²) in [5.74, 6) is 1.53. The molecule has 0 spiro atoms. The molecule has 2 nitrogen and oxygen atoms in total. The molecule has 2 heteroatoms. The van der Waals surface area contributed by atoms with E-state index >= 15 is 0 Å². The van der Waals surface area contributed by atoms with Crippen molar-refractivity contribution >= 4 is 0 Å². The van der Waals surface area contributed by atoms with Crippen LogP contribution in [0.15, 0.2) is 0 Å². The Kier molecular flexibility index (Phi) is 3.91. The van der Waals surface area contributed by atoms with E-state index in [1.807, 2.05) is 0 Å². The van der Waals surface area contributed by atoms with Gasteiger partial charge in [0.2, 0.25) is 0 Å². The highest BCUT2D eigenvalue weighted by Crippen LogP contribution is 2.40. The molecule has 0 aromatic rings. The van der Waals surface area contributed by atoms with E-state index < -0.39 is 0 Å². The summed E-state index contributed by atoms with van der Waals surface area (Å²) in [4.78, 5) is 0. The minimum absolute atomic E-state index is 0.0323. The second-order valence-corrected chi connectivity index (χ2v) is 5.91. The van der Waals surface area contributed by atoms with Crippen LogP contribution in [0.3, 0.4) is 0 Å². The van der Waals surface area contributed by atoms with Gasteiger partial charge in [0.25, 0.3) is 0 Å².